The number of hydrogen-bond acceptors (Lipinski definition) is 4. The van der Waals surface area contributed by atoms with E-state index in [0.29, 0.717) is 6.54 Å². The second kappa shape index (κ2) is 5.64. The molecular formula is C11H21N3O2S. The van der Waals surface area contributed by atoms with Crippen molar-refractivity contribution < 1.29 is 8.42 Å². The standard InChI is InChI=1S/C11H21N3O2S/c1-9-7-13-14(8-9)11(3)10(2)12-5-6-17(4,15)16/h7-8,10-12H,5-6H2,1-4H3/t10-,11-/m1/s1. The fraction of sp³-hybridized carbons (Fsp3) is 0.727. The van der Waals surface area contributed by atoms with Gasteiger partial charge >= 0.3 is 0 Å². The van der Waals surface area contributed by atoms with Crippen LogP contribution in [0.5, 0.6) is 0 Å². The van der Waals surface area contributed by atoms with Crippen molar-refractivity contribution in [3.8, 4) is 0 Å². The molecule has 0 bridgehead atoms. The zero-order chi connectivity index (χ0) is 13.1. The van der Waals surface area contributed by atoms with Gasteiger partial charge in [-0.1, -0.05) is 0 Å². The van der Waals surface area contributed by atoms with Crippen LogP contribution in [-0.4, -0.2) is 42.8 Å². The Bertz CT molecular complexity index is 453. The molecule has 0 unspecified atom stereocenters. The zero-order valence-electron chi connectivity index (χ0n) is 10.8. The van der Waals surface area contributed by atoms with E-state index in [0.717, 1.165) is 5.56 Å². The number of nitrogens with zero attached hydrogens (tertiary/aromatic N) is 2. The lowest BCUT2D eigenvalue weighted by Gasteiger charge is -2.21. The third kappa shape index (κ3) is 4.87. The van der Waals surface area contributed by atoms with Gasteiger partial charge < -0.3 is 5.32 Å². The fourth-order valence-corrected chi connectivity index (χ4v) is 2.02. The summed E-state index contributed by atoms with van der Waals surface area (Å²) in [5.41, 5.74) is 1.13. The first-order chi connectivity index (χ1) is 7.79. The summed E-state index contributed by atoms with van der Waals surface area (Å²) in [5.74, 6) is 0.169. The number of rotatable bonds is 6. The van der Waals surface area contributed by atoms with E-state index >= 15 is 0 Å². The Morgan fingerprint density at radius 1 is 1.47 bits per heavy atom. The molecular weight excluding hydrogens is 238 g/mol. The number of hydrogen-bond donors (Lipinski definition) is 1. The summed E-state index contributed by atoms with van der Waals surface area (Å²) in [5, 5.41) is 7.46. The predicted octanol–water partition coefficient (Wildman–Crippen LogP) is 0.775. The van der Waals surface area contributed by atoms with Gasteiger partial charge in [-0.05, 0) is 26.3 Å². The van der Waals surface area contributed by atoms with Crippen molar-refractivity contribution in [2.45, 2.75) is 32.9 Å². The Morgan fingerprint density at radius 2 is 2.12 bits per heavy atom. The first kappa shape index (κ1) is 14.2. The van der Waals surface area contributed by atoms with Gasteiger partial charge in [0.05, 0.1) is 18.0 Å². The molecule has 0 aromatic carbocycles. The Hall–Kier alpha value is -0.880. The topological polar surface area (TPSA) is 64.0 Å². The van der Waals surface area contributed by atoms with Crippen LogP contribution in [0.4, 0.5) is 0 Å². The van der Waals surface area contributed by atoms with Crippen molar-refractivity contribution in [1.29, 1.82) is 0 Å². The molecule has 0 fully saturated rings. The zero-order valence-corrected chi connectivity index (χ0v) is 11.7. The molecule has 1 heterocycles. The van der Waals surface area contributed by atoms with Crippen LogP contribution in [0.3, 0.4) is 0 Å². The molecule has 0 saturated heterocycles. The summed E-state index contributed by atoms with van der Waals surface area (Å²) in [6.45, 7) is 6.57. The van der Waals surface area contributed by atoms with Gasteiger partial charge in [0.25, 0.3) is 0 Å². The fourth-order valence-electron chi connectivity index (χ4n) is 1.53. The van der Waals surface area contributed by atoms with Crippen LogP contribution in [-0.2, 0) is 9.84 Å². The average Bonchev–Trinajstić information content (AvgIpc) is 2.61. The summed E-state index contributed by atoms with van der Waals surface area (Å²) in [7, 11) is -2.89. The first-order valence-electron chi connectivity index (χ1n) is 5.71. The first-order valence-corrected chi connectivity index (χ1v) is 7.77. The molecule has 98 valence electrons. The molecule has 0 saturated carbocycles. The lowest BCUT2D eigenvalue weighted by atomic mass is 10.2. The number of aromatic nitrogens is 2. The Kier molecular flexibility index (Phi) is 4.70. The second-order valence-corrected chi connectivity index (χ2v) is 6.87. The molecule has 0 aliphatic heterocycles. The third-order valence-electron chi connectivity index (χ3n) is 2.81. The minimum absolute atomic E-state index is 0.169. The van der Waals surface area contributed by atoms with Crippen molar-refractivity contribution in [2.24, 2.45) is 0 Å². The summed E-state index contributed by atoms with van der Waals surface area (Å²) in [6, 6.07) is 0.374. The molecule has 1 rings (SSSR count). The minimum Gasteiger partial charge on any atom is -0.311 e. The molecule has 0 radical (unpaired) electrons. The van der Waals surface area contributed by atoms with Gasteiger partial charge in [-0.2, -0.15) is 5.10 Å². The average molecular weight is 259 g/mol. The molecule has 1 aromatic heterocycles. The maximum Gasteiger partial charge on any atom is 0.148 e. The molecule has 17 heavy (non-hydrogen) atoms. The maximum absolute atomic E-state index is 11.0. The summed E-state index contributed by atoms with van der Waals surface area (Å²) >= 11 is 0. The van der Waals surface area contributed by atoms with Crippen molar-refractivity contribution in [2.75, 3.05) is 18.6 Å². The van der Waals surface area contributed by atoms with E-state index in [1.54, 1.807) is 0 Å². The van der Waals surface area contributed by atoms with Crippen molar-refractivity contribution in [3.63, 3.8) is 0 Å². The van der Waals surface area contributed by atoms with Crippen LogP contribution in [0.1, 0.15) is 25.5 Å². The normalized spacial score (nSPS) is 15.8. The van der Waals surface area contributed by atoms with Crippen LogP contribution in [0.15, 0.2) is 12.4 Å². The van der Waals surface area contributed by atoms with Gasteiger partial charge in [-0.15, -0.1) is 0 Å². The van der Waals surface area contributed by atoms with Crippen molar-refractivity contribution >= 4 is 9.84 Å². The van der Waals surface area contributed by atoms with E-state index in [9.17, 15) is 8.42 Å². The van der Waals surface area contributed by atoms with Crippen molar-refractivity contribution in [3.05, 3.63) is 18.0 Å². The van der Waals surface area contributed by atoms with E-state index in [2.05, 4.69) is 17.3 Å². The lowest BCUT2D eigenvalue weighted by Crippen LogP contribution is -2.36. The quantitative estimate of drug-likeness (QED) is 0.820. The summed E-state index contributed by atoms with van der Waals surface area (Å²) in [4.78, 5) is 0. The van der Waals surface area contributed by atoms with Crippen LogP contribution >= 0.6 is 0 Å². The van der Waals surface area contributed by atoms with E-state index in [-0.39, 0.29) is 17.8 Å². The van der Waals surface area contributed by atoms with Crippen LogP contribution in [0.25, 0.3) is 0 Å². The van der Waals surface area contributed by atoms with Gasteiger partial charge in [0.2, 0.25) is 0 Å². The molecule has 0 aliphatic carbocycles. The highest BCUT2D eigenvalue weighted by Crippen LogP contribution is 2.10. The third-order valence-corrected chi connectivity index (χ3v) is 3.76. The van der Waals surface area contributed by atoms with Crippen LogP contribution in [0, 0.1) is 6.92 Å². The summed E-state index contributed by atoms with van der Waals surface area (Å²) < 4.78 is 23.9. The number of aryl methyl sites for hydroxylation is 1. The predicted molar refractivity (Wildman–Crippen MR) is 68.9 cm³/mol. The van der Waals surface area contributed by atoms with E-state index < -0.39 is 9.84 Å². The molecule has 1 aromatic rings. The van der Waals surface area contributed by atoms with Gasteiger partial charge in [-0.25, -0.2) is 8.42 Å². The van der Waals surface area contributed by atoms with Crippen LogP contribution in [0.2, 0.25) is 0 Å². The highest BCUT2D eigenvalue weighted by molar-refractivity contribution is 7.90. The summed E-state index contributed by atoms with van der Waals surface area (Å²) in [6.07, 6.45) is 5.05. The molecule has 0 amide bonds. The van der Waals surface area contributed by atoms with Crippen molar-refractivity contribution in [1.82, 2.24) is 15.1 Å². The number of sulfone groups is 1. The van der Waals surface area contributed by atoms with Gasteiger partial charge in [-0.3, -0.25) is 4.68 Å². The maximum atomic E-state index is 11.0. The van der Waals surface area contributed by atoms with Gasteiger partial charge in [0.15, 0.2) is 0 Å². The van der Waals surface area contributed by atoms with Gasteiger partial charge in [0, 0.05) is 25.0 Å². The molecule has 1 N–H and O–H groups in total. The van der Waals surface area contributed by atoms with E-state index in [1.165, 1.54) is 6.26 Å². The van der Waals surface area contributed by atoms with E-state index in [1.807, 2.05) is 30.9 Å². The highest BCUT2D eigenvalue weighted by atomic mass is 32.2. The molecule has 5 nitrogen and oxygen atoms in total. The SMILES string of the molecule is Cc1cnn([C@H](C)[C@@H](C)NCCS(C)(=O)=O)c1. The van der Waals surface area contributed by atoms with Crippen LogP contribution < -0.4 is 5.32 Å². The smallest absolute Gasteiger partial charge is 0.148 e. The highest BCUT2D eigenvalue weighted by Gasteiger charge is 2.14. The van der Waals surface area contributed by atoms with E-state index in [4.69, 9.17) is 0 Å². The monoisotopic (exact) mass is 259 g/mol. The minimum atomic E-state index is -2.89. The molecule has 6 heteroatoms. The Morgan fingerprint density at radius 3 is 2.59 bits per heavy atom. The lowest BCUT2D eigenvalue weighted by molar-refractivity contribution is 0.372. The molecule has 0 spiro atoms. The molecule has 2 atom stereocenters. The Labute approximate surface area is 103 Å². The Balaban J connectivity index is 2.45. The largest absolute Gasteiger partial charge is 0.311 e. The second-order valence-electron chi connectivity index (χ2n) is 4.61. The number of nitrogens with one attached hydrogen (secondary N) is 1. The molecule has 0 aliphatic rings. The van der Waals surface area contributed by atoms with Gasteiger partial charge in [0.1, 0.15) is 9.84 Å².